The van der Waals surface area contributed by atoms with E-state index < -0.39 is 0 Å². The van der Waals surface area contributed by atoms with Gasteiger partial charge < -0.3 is 4.98 Å². The molecule has 6 rings (SSSR count). The van der Waals surface area contributed by atoms with Crippen LogP contribution in [0.4, 0.5) is 0 Å². The number of benzene rings is 2. The molecule has 0 saturated carbocycles. The number of rotatable bonds is 2. The Morgan fingerprint density at radius 3 is 2.28 bits per heavy atom. The largest absolute Gasteiger partial charge is 0 e. The fraction of sp³-hybridized carbons (Fsp3) is 0.129. The summed E-state index contributed by atoms with van der Waals surface area (Å²) in [5.41, 5.74) is 8.50. The van der Waals surface area contributed by atoms with Crippen LogP contribution in [0.3, 0.4) is 0 Å². The van der Waals surface area contributed by atoms with E-state index in [4.69, 9.17) is 0 Å². The Morgan fingerprint density at radius 2 is 1.53 bits per heavy atom. The molecule has 5 heteroatoms. The second kappa shape index (κ2) is 11.4. The molecule has 2 aromatic carbocycles. The third-order valence-electron chi connectivity index (χ3n) is 5.96. The fourth-order valence-corrected chi connectivity index (χ4v) is 6.03. The molecule has 3 nitrogen and oxygen atoms in total. The van der Waals surface area contributed by atoms with Crippen LogP contribution in [0.5, 0.6) is 0 Å². The van der Waals surface area contributed by atoms with Crippen molar-refractivity contribution in [3.8, 4) is 22.6 Å². The van der Waals surface area contributed by atoms with Crippen molar-refractivity contribution in [1.82, 2.24) is 15.0 Å². The summed E-state index contributed by atoms with van der Waals surface area (Å²) in [6.07, 6.45) is 3.92. The molecule has 0 amide bonds. The minimum absolute atomic E-state index is 0. The van der Waals surface area contributed by atoms with Gasteiger partial charge in [-0.1, -0.05) is 18.6 Å². The van der Waals surface area contributed by atoms with Crippen molar-refractivity contribution < 1.29 is 20.1 Å². The Bertz CT molecular complexity index is 1640. The molecule has 0 aliphatic carbocycles. The van der Waals surface area contributed by atoms with Gasteiger partial charge in [0.2, 0.25) is 0 Å². The van der Waals surface area contributed by atoms with Gasteiger partial charge in [0.15, 0.2) is 0 Å². The molecule has 0 aliphatic rings. The van der Waals surface area contributed by atoms with E-state index in [9.17, 15) is 0 Å². The molecule has 4 aromatic heterocycles. The van der Waals surface area contributed by atoms with Crippen molar-refractivity contribution in [2.24, 2.45) is 0 Å². The van der Waals surface area contributed by atoms with Crippen LogP contribution < -0.4 is 0 Å². The van der Waals surface area contributed by atoms with Crippen molar-refractivity contribution in [2.45, 2.75) is 27.7 Å². The van der Waals surface area contributed by atoms with Crippen LogP contribution in [0.1, 0.15) is 22.4 Å². The fourth-order valence-electron chi connectivity index (χ4n) is 3.81. The van der Waals surface area contributed by atoms with Crippen LogP contribution in [0.2, 0.25) is 0 Å². The first-order chi connectivity index (χ1) is 17.0. The first-order valence-electron chi connectivity index (χ1n) is 11.5. The summed E-state index contributed by atoms with van der Waals surface area (Å²) in [5.74, 6) is 0. The Morgan fingerprint density at radius 1 is 0.722 bits per heavy atom. The maximum absolute atomic E-state index is 4.57. The molecule has 0 spiro atoms. The minimum Gasteiger partial charge on any atom is 0 e. The zero-order valence-electron chi connectivity index (χ0n) is 20.6. The standard InChI is InChI=1S/C17H11N2Se.C14H14N.Ir/c1-11-5-4-7-14(19-11)15-9-13-12-6-2-3-8-16(12)20-17(13)10-18-15;1-10-4-6-13(7-5-10)14-8-11(2)12(3)9-15-14;/h2-6,8-10H,1H3;4-6,8-9H,1-3H3;/q2*-1;. The molecule has 181 valence electrons. The third-order valence-corrected chi connectivity index (χ3v) is 8.31. The van der Waals surface area contributed by atoms with Crippen molar-refractivity contribution in [3.63, 3.8) is 0 Å². The molecule has 4 heterocycles. The maximum atomic E-state index is 4.57. The Kier molecular flexibility index (Phi) is 8.28. The number of nitrogens with zero attached hydrogens (tertiary/aromatic N) is 3. The number of hydrogen-bond donors (Lipinski definition) is 0. The number of pyridine rings is 3. The molecule has 0 atom stereocenters. The molecule has 0 aliphatic heterocycles. The summed E-state index contributed by atoms with van der Waals surface area (Å²) in [5, 5.41) is 2.65. The third kappa shape index (κ3) is 5.72. The van der Waals surface area contributed by atoms with Crippen LogP contribution in [-0.4, -0.2) is 29.5 Å². The Hall–Kier alpha value is -2.94. The van der Waals surface area contributed by atoms with Gasteiger partial charge in [-0.2, -0.15) is 0 Å². The Balaban J connectivity index is 0.000000172. The summed E-state index contributed by atoms with van der Waals surface area (Å²) in [6.45, 7) is 8.23. The molecule has 6 aromatic rings. The smallest absolute Gasteiger partial charge is 0 e. The van der Waals surface area contributed by atoms with Gasteiger partial charge >= 0.3 is 122 Å². The summed E-state index contributed by atoms with van der Waals surface area (Å²) in [6, 6.07) is 29.3. The molecule has 0 fully saturated rings. The topological polar surface area (TPSA) is 38.7 Å². The molecule has 1 radical (unpaired) electrons. The van der Waals surface area contributed by atoms with Gasteiger partial charge in [-0.05, 0) is 25.1 Å². The van der Waals surface area contributed by atoms with Gasteiger partial charge in [0, 0.05) is 26.3 Å². The van der Waals surface area contributed by atoms with E-state index in [2.05, 4.69) is 96.4 Å². The number of fused-ring (bicyclic) bond motifs is 3. The summed E-state index contributed by atoms with van der Waals surface area (Å²) in [7, 11) is 0. The molecule has 0 saturated heterocycles. The monoisotopic (exact) mass is 712 g/mol. The van der Waals surface area contributed by atoms with Crippen LogP contribution in [-0.2, 0) is 20.1 Å². The van der Waals surface area contributed by atoms with E-state index in [0.29, 0.717) is 14.5 Å². The molecule has 0 unspecified atom stereocenters. The summed E-state index contributed by atoms with van der Waals surface area (Å²) >= 11 is 0.376. The van der Waals surface area contributed by atoms with Crippen LogP contribution in [0.15, 0.2) is 79.1 Å². The van der Waals surface area contributed by atoms with Gasteiger partial charge in [-0.25, -0.2) is 0 Å². The molecule has 36 heavy (non-hydrogen) atoms. The molecule has 0 bridgehead atoms. The summed E-state index contributed by atoms with van der Waals surface area (Å²) < 4.78 is 2.80. The first-order valence-corrected chi connectivity index (χ1v) is 13.2. The number of hydrogen-bond acceptors (Lipinski definition) is 3. The van der Waals surface area contributed by atoms with Crippen molar-refractivity contribution in [1.29, 1.82) is 0 Å². The van der Waals surface area contributed by atoms with Gasteiger partial charge in [0.05, 0.1) is 0 Å². The van der Waals surface area contributed by atoms with Crippen LogP contribution in [0, 0.1) is 39.8 Å². The first kappa shape index (κ1) is 26.1. The average molecular weight is 711 g/mol. The van der Waals surface area contributed by atoms with E-state index in [1.54, 1.807) is 0 Å². The maximum Gasteiger partial charge on any atom is 0 e. The second-order valence-electron chi connectivity index (χ2n) is 8.68. The number of aromatic nitrogens is 3. The van der Waals surface area contributed by atoms with E-state index in [1.165, 1.54) is 36.0 Å². The normalized spacial score (nSPS) is 10.6. The van der Waals surface area contributed by atoms with Crippen molar-refractivity contribution in [2.75, 3.05) is 0 Å². The summed E-state index contributed by atoms with van der Waals surface area (Å²) in [4.78, 5) is 13.5. The van der Waals surface area contributed by atoms with Crippen LogP contribution >= 0.6 is 0 Å². The predicted octanol–water partition coefficient (Wildman–Crippen LogP) is 7.09. The van der Waals surface area contributed by atoms with Gasteiger partial charge in [-0.15, -0.1) is 35.4 Å². The van der Waals surface area contributed by atoms with Gasteiger partial charge in [0.25, 0.3) is 0 Å². The second-order valence-corrected chi connectivity index (χ2v) is 11.0. The molecular formula is C31H25IrN3Se-2. The average Bonchev–Trinajstić information content (AvgIpc) is 3.25. The zero-order chi connectivity index (χ0) is 24.4. The van der Waals surface area contributed by atoms with Crippen molar-refractivity contribution in [3.05, 3.63) is 114 Å². The van der Waals surface area contributed by atoms with Crippen molar-refractivity contribution >= 4 is 33.8 Å². The number of aryl methyl sites for hydroxylation is 4. The predicted molar refractivity (Wildman–Crippen MR) is 146 cm³/mol. The van der Waals surface area contributed by atoms with Gasteiger partial charge in [-0.3, -0.25) is 0 Å². The van der Waals surface area contributed by atoms with E-state index >= 15 is 0 Å². The molecular weight excluding hydrogens is 686 g/mol. The van der Waals surface area contributed by atoms with E-state index in [0.717, 1.165) is 28.3 Å². The Labute approximate surface area is 231 Å². The SMILES string of the molecule is Cc1c[c-]c(-c2cc(C)c(C)cn2)cc1.Cc1cc[c-]c(-c2cc3c(cn2)[se]c2ccccc23)n1.[Ir]. The van der Waals surface area contributed by atoms with Crippen LogP contribution in [0.25, 0.3) is 41.9 Å². The van der Waals surface area contributed by atoms with E-state index in [-0.39, 0.29) is 20.1 Å². The zero-order valence-corrected chi connectivity index (χ0v) is 24.7. The van der Waals surface area contributed by atoms with E-state index in [1.807, 2.05) is 37.5 Å². The van der Waals surface area contributed by atoms with Gasteiger partial charge in [0.1, 0.15) is 0 Å². The minimum atomic E-state index is 0. The quantitative estimate of drug-likeness (QED) is 0.142. The molecule has 0 N–H and O–H groups in total.